The average molecular weight is 247 g/mol. The molecular weight excluding hydrogens is 230 g/mol. The summed E-state index contributed by atoms with van der Waals surface area (Å²) in [5.74, 6) is -1.14. The van der Waals surface area contributed by atoms with Gasteiger partial charge in [0.05, 0.1) is 0 Å². The van der Waals surface area contributed by atoms with Gasteiger partial charge < -0.3 is 15.1 Å². The molecule has 1 aromatic rings. The van der Waals surface area contributed by atoms with Crippen molar-refractivity contribution in [2.45, 2.75) is 31.3 Å². The Bertz CT molecular complexity index is 494. The Morgan fingerprint density at radius 3 is 2.67 bits per heavy atom. The van der Waals surface area contributed by atoms with Crippen LogP contribution in [0.5, 0.6) is 0 Å². The topological polar surface area (TPSA) is 60.8 Å². The minimum Gasteiger partial charge on any atom is -0.479 e. The predicted molar refractivity (Wildman–Crippen MR) is 67.7 cm³/mol. The van der Waals surface area contributed by atoms with Crippen molar-refractivity contribution in [2.24, 2.45) is 0 Å². The molecule has 0 bridgehead atoms. The van der Waals surface area contributed by atoms with Crippen LogP contribution < -0.4 is 4.90 Å². The second kappa shape index (κ2) is 3.99. The molecule has 1 atom stereocenters. The van der Waals surface area contributed by atoms with Gasteiger partial charge in [-0.25, -0.2) is 4.79 Å². The van der Waals surface area contributed by atoms with Crippen molar-refractivity contribution in [1.29, 1.82) is 0 Å². The van der Waals surface area contributed by atoms with Crippen molar-refractivity contribution >= 4 is 11.7 Å². The SMILES string of the molecule is O=C(O)C1(O)CCc2ccc(N3CCCC3)cc21. The van der Waals surface area contributed by atoms with Gasteiger partial charge in [-0.05, 0) is 43.4 Å². The molecule has 2 aliphatic rings. The van der Waals surface area contributed by atoms with Crippen LogP contribution in [0.1, 0.15) is 30.4 Å². The number of hydrogen-bond donors (Lipinski definition) is 2. The number of hydrogen-bond acceptors (Lipinski definition) is 3. The van der Waals surface area contributed by atoms with Crippen molar-refractivity contribution in [1.82, 2.24) is 0 Å². The molecule has 2 N–H and O–H groups in total. The molecule has 96 valence electrons. The Morgan fingerprint density at radius 2 is 2.00 bits per heavy atom. The summed E-state index contributed by atoms with van der Waals surface area (Å²) < 4.78 is 0. The lowest BCUT2D eigenvalue weighted by atomic mass is 9.95. The van der Waals surface area contributed by atoms with Crippen molar-refractivity contribution in [3.8, 4) is 0 Å². The van der Waals surface area contributed by atoms with Crippen molar-refractivity contribution < 1.29 is 15.0 Å². The van der Waals surface area contributed by atoms with E-state index in [4.69, 9.17) is 0 Å². The van der Waals surface area contributed by atoms with Gasteiger partial charge in [0, 0.05) is 24.3 Å². The van der Waals surface area contributed by atoms with Crippen molar-refractivity contribution in [3.63, 3.8) is 0 Å². The lowest BCUT2D eigenvalue weighted by Gasteiger charge is -2.22. The molecule has 1 heterocycles. The van der Waals surface area contributed by atoms with E-state index in [2.05, 4.69) is 4.90 Å². The number of anilines is 1. The first kappa shape index (κ1) is 11.5. The third-order valence-corrected chi connectivity index (χ3v) is 4.12. The molecule has 0 saturated carbocycles. The predicted octanol–water partition coefficient (Wildman–Crippen LogP) is 1.51. The summed E-state index contributed by atoms with van der Waals surface area (Å²) in [6, 6.07) is 5.86. The van der Waals surface area contributed by atoms with E-state index < -0.39 is 11.6 Å². The molecule has 4 nitrogen and oxygen atoms in total. The van der Waals surface area contributed by atoms with Crippen molar-refractivity contribution in [2.75, 3.05) is 18.0 Å². The van der Waals surface area contributed by atoms with E-state index in [1.165, 1.54) is 12.8 Å². The summed E-state index contributed by atoms with van der Waals surface area (Å²) in [7, 11) is 0. The monoisotopic (exact) mass is 247 g/mol. The first-order valence-electron chi connectivity index (χ1n) is 6.45. The fourth-order valence-corrected chi connectivity index (χ4v) is 3.01. The Labute approximate surface area is 106 Å². The molecule has 0 aromatic heterocycles. The van der Waals surface area contributed by atoms with Gasteiger partial charge in [-0.2, -0.15) is 0 Å². The number of carboxylic acids is 1. The van der Waals surface area contributed by atoms with Gasteiger partial charge in [0.2, 0.25) is 0 Å². The lowest BCUT2D eigenvalue weighted by Crippen LogP contribution is -2.33. The summed E-state index contributed by atoms with van der Waals surface area (Å²) in [4.78, 5) is 13.5. The zero-order valence-electron chi connectivity index (χ0n) is 10.2. The molecule has 18 heavy (non-hydrogen) atoms. The van der Waals surface area contributed by atoms with Crippen LogP contribution >= 0.6 is 0 Å². The van der Waals surface area contributed by atoms with Crippen LogP contribution in [0.25, 0.3) is 0 Å². The molecule has 4 heteroatoms. The quantitative estimate of drug-likeness (QED) is 0.831. The fraction of sp³-hybridized carbons (Fsp3) is 0.500. The maximum Gasteiger partial charge on any atom is 0.340 e. The molecule has 0 spiro atoms. The summed E-state index contributed by atoms with van der Waals surface area (Å²) in [5.41, 5.74) is 0.889. The maximum atomic E-state index is 11.3. The van der Waals surface area contributed by atoms with Crippen LogP contribution in [0.3, 0.4) is 0 Å². The summed E-state index contributed by atoms with van der Waals surface area (Å²) in [6.07, 6.45) is 3.28. The first-order chi connectivity index (χ1) is 8.61. The first-order valence-corrected chi connectivity index (χ1v) is 6.45. The largest absolute Gasteiger partial charge is 0.479 e. The van der Waals surface area contributed by atoms with Crippen molar-refractivity contribution in [3.05, 3.63) is 29.3 Å². The van der Waals surface area contributed by atoms with E-state index in [0.29, 0.717) is 12.0 Å². The molecule has 3 rings (SSSR count). The molecule has 0 amide bonds. The summed E-state index contributed by atoms with van der Waals surface area (Å²) in [6.45, 7) is 2.04. The van der Waals surface area contributed by atoms with E-state index >= 15 is 0 Å². The van der Waals surface area contributed by atoms with Gasteiger partial charge in [-0.15, -0.1) is 0 Å². The standard InChI is InChI=1S/C14H17NO3/c16-13(17)14(18)6-5-10-3-4-11(9-12(10)14)15-7-1-2-8-15/h3-4,9,18H,1-2,5-8H2,(H,16,17). The zero-order chi connectivity index (χ0) is 12.8. The Kier molecular flexibility index (Phi) is 2.55. The van der Waals surface area contributed by atoms with Crippen LogP contribution in [-0.2, 0) is 16.8 Å². The van der Waals surface area contributed by atoms with Crippen LogP contribution in [0.4, 0.5) is 5.69 Å². The maximum absolute atomic E-state index is 11.3. The van der Waals surface area contributed by atoms with Crippen LogP contribution in [0.15, 0.2) is 18.2 Å². The number of rotatable bonds is 2. The number of aryl methyl sites for hydroxylation is 1. The minimum atomic E-state index is -1.69. The van der Waals surface area contributed by atoms with E-state index in [0.717, 1.165) is 24.3 Å². The number of nitrogens with zero attached hydrogens (tertiary/aromatic N) is 1. The molecule has 1 unspecified atom stereocenters. The van der Waals surface area contributed by atoms with Gasteiger partial charge >= 0.3 is 5.97 Å². The van der Waals surface area contributed by atoms with E-state index in [1.807, 2.05) is 18.2 Å². The van der Waals surface area contributed by atoms with Gasteiger partial charge in [-0.1, -0.05) is 6.07 Å². The highest BCUT2D eigenvalue weighted by Crippen LogP contribution is 2.39. The number of fused-ring (bicyclic) bond motifs is 1. The van der Waals surface area contributed by atoms with Crippen LogP contribution in [0, 0.1) is 0 Å². The van der Waals surface area contributed by atoms with Gasteiger partial charge in [0.25, 0.3) is 0 Å². The molecule has 1 fully saturated rings. The number of carboxylic acid groups (broad SMARTS) is 1. The Balaban J connectivity index is 2.01. The number of aliphatic hydroxyl groups is 1. The molecule has 1 saturated heterocycles. The molecule has 0 radical (unpaired) electrons. The molecule has 1 aliphatic heterocycles. The average Bonchev–Trinajstić information content (AvgIpc) is 2.98. The highest BCUT2D eigenvalue weighted by atomic mass is 16.4. The highest BCUT2D eigenvalue weighted by Gasteiger charge is 2.44. The van der Waals surface area contributed by atoms with Crippen LogP contribution in [0.2, 0.25) is 0 Å². The smallest absolute Gasteiger partial charge is 0.340 e. The summed E-state index contributed by atoms with van der Waals surface area (Å²) >= 11 is 0. The van der Waals surface area contributed by atoms with Gasteiger partial charge in [0.1, 0.15) is 0 Å². The normalized spacial score (nSPS) is 26.4. The third kappa shape index (κ3) is 1.60. The molecular formula is C14H17NO3. The van der Waals surface area contributed by atoms with Crippen LogP contribution in [-0.4, -0.2) is 29.3 Å². The highest BCUT2D eigenvalue weighted by molar-refractivity contribution is 5.81. The summed E-state index contributed by atoms with van der Waals surface area (Å²) in [5, 5.41) is 19.5. The third-order valence-electron chi connectivity index (χ3n) is 4.12. The fourth-order valence-electron chi connectivity index (χ4n) is 3.01. The number of benzene rings is 1. The minimum absolute atomic E-state index is 0.279. The molecule has 1 aliphatic carbocycles. The Morgan fingerprint density at radius 1 is 1.28 bits per heavy atom. The second-order valence-corrected chi connectivity index (χ2v) is 5.20. The van der Waals surface area contributed by atoms with E-state index in [-0.39, 0.29) is 6.42 Å². The van der Waals surface area contributed by atoms with Gasteiger partial charge in [0.15, 0.2) is 5.60 Å². The Hall–Kier alpha value is -1.55. The van der Waals surface area contributed by atoms with E-state index in [9.17, 15) is 15.0 Å². The molecule has 1 aromatic carbocycles. The zero-order valence-corrected chi connectivity index (χ0v) is 10.2. The number of carbonyl (C=O) groups is 1. The number of aliphatic carboxylic acids is 1. The lowest BCUT2D eigenvalue weighted by molar-refractivity contribution is -0.159. The second-order valence-electron chi connectivity index (χ2n) is 5.20. The van der Waals surface area contributed by atoms with E-state index in [1.54, 1.807) is 0 Å². The van der Waals surface area contributed by atoms with Gasteiger partial charge in [-0.3, -0.25) is 0 Å².